The van der Waals surface area contributed by atoms with Crippen molar-refractivity contribution in [3.63, 3.8) is 0 Å². The molecule has 33 heavy (non-hydrogen) atoms. The van der Waals surface area contributed by atoms with Gasteiger partial charge in [-0.2, -0.15) is 0 Å². The molecule has 1 fully saturated rings. The number of hydrogen-bond donors (Lipinski definition) is 0. The molecule has 1 aromatic carbocycles. The summed E-state index contributed by atoms with van der Waals surface area (Å²) in [6.07, 6.45) is -0.238. The summed E-state index contributed by atoms with van der Waals surface area (Å²) in [6.45, 7) is 22.0. The van der Waals surface area contributed by atoms with Crippen LogP contribution in [0.5, 0.6) is 0 Å². The lowest BCUT2D eigenvalue weighted by Crippen LogP contribution is -2.50. The van der Waals surface area contributed by atoms with Crippen molar-refractivity contribution >= 4 is 11.9 Å². The second-order valence-corrected chi connectivity index (χ2v) is 12.1. The zero-order valence-corrected chi connectivity index (χ0v) is 22.0. The van der Waals surface area contributed by atoms with Gasteiger partial charge >= 0.3 is 6.09 Å². The molecular formula is C28H41N3O2. The second-order valence-electron chi connectivity index (χ2n) is 12.1. The summed E-state index contributed by atoms with van der Waals surface area (Å²) < 4.78 is 5.53. The van der Waals surface area contributed by atoms with E-state index in [0.717, 1.165) is 30.2 Å². The molecule has 1 aromatic heterocycles. The predicted octanol–water partition coefficient (Wildman–Crippen LogP) is 6.40. The minimum atomic E-state index is -0.475. The van der Waals surface area contributed by atoms with E-state index in [-0.39, 0.29) is 16.9 Å². The number of benzene rings is 1. The average molecular weight is 452 g/mol. The highest BCUT2D eigenvalue weighted by molar-refractivity contribution is 5.69. The molecule has 0 atom stereocenters. The fraction of sp³-hybridized carbons (Fsp3) is 0.571. The number of ether oxygens (including phenoxy) is 1. The molecule has 3 rings (SSSR count). The van der Waals surface area contributed by atoms with Crippen LogP contribution in [0.4, 0.5) is 10.6 Å². The summed E-state index contributed by atoms with van der Waals surface area (Å²) in [5, 5.41) is 0. The third-order valence-corrected chi connectivity index (χ3v) is 5.95. The van der Waals surface area contributed by atoms with E-state index in [1.54, 1.807) is 4.90 Å². The SMILES string of the molecule is CC(C)(C)OC(=O)N1CCN(c2cccc(-c3cc(C(C)(C)C)cc(C(C)(C)C)c3)n2)CC1. The molecule has 2 aromatic rings. The Kier molecular flexibility index (Phi) is 6.84. The van der Waals surface area contributed by atoms with Crippen LogP contribution in [0.15, 0.2) is 36.4 Å². The van der Waals surface area contributed by atoms with Gasteiger partial charge in [0.2, 0.25) is 0 Å². The van der Waals surface area contributed by atoms with Gasteiger partial charge in [-0.15, -0.1) is 0 Å². The van der Waals surface area contributed by atoms with Gasteiger partial charge in [0.1, 0.15) is 11.4 Å². The van der Waals surface area contributed by atoms with E-state index in [4.69, 9.17) is 9.72 Å². The molecule has 0 radical (unpaired) electrons. The van der Waals surface area contributed by atoms with Crippen LogP contribution in [-0.2, 0) is 15.6 Å². The summed E-state index contributed by atoms with van der Waals surface area (Å²) in [5.74, 6) is 0.954. The van der Waals surface area contributed by atoms with Gasteiger partial charge < -0.3 is 14.5 Å². The first-order valence-corrected chi connectivity index (χ1v) is 12.0. The van der Waals surface area contributed by atoms with Crippen LogP contribution < -0.4 is 4.90 Å². The average Bonchev–Trinajstić information content (AvgIpc) is 2.71. The van der Waals surface area contributed by atoms with Crippen molar-refractivity contribution in [1.29, 1.82) is 0 Å². The quantitative estimate of drug-likeness (QED) is 0.530. The third kappa shape index (κ3) is 6.49. The standard InChI is InChI=1S/C28H41N3O2/c1-26(2,3)21-17-20(18-22(19-21)27(4,5)6)23-11-10-12-24(29-23)30-13-15-31(16-14-30)25(32)33-28(7,8)9/h10-12,17-19H,13-16H2,1-9H3. The summed E-state index contributed by atoms with van der Waals surface area (Å²) in [5.41, 5.74) is 4.43. The smallest absolute Gasteiger partial charge is 0.410 e. The fourth-order valence-electron chi connectivity index (χ4n) is 3.85. The van der Waals surface area contributed by atoms with Gasteiger partial charge in [0.15, 0.2) is 0 Å². The lowest BCUT2D eigenvalue weighted by molar-refractivity contribution is 0.0240. The van der Waals surface area contributed by atoms with Gasteiger partial charge in [0.05, 0.1) is 5.69 Å². The number of carbonyl (C=O) groups is 1. The maximum Gasteiger partial charge on any atom is 0.410 e. The van der Waals surface area contributed by atoms with E-state index in [1.165, 1.54) is 11.1 Å². The van der Waals surface area contributed by atoms with Crippen molar-refractivity contribution in [2.24, 2.45) is 0 Å². The Balaban J connectivity index is 1.83. The van der Waals surface area contributed by atoms with Crippen molar-refractivity contribution in [2.45, 2.75) is 78.7 Å². The first-order valence-electron chi connectivity index (χ1n) is 12.0. The Bertz CT molecular complexity index is 953. The van der Waals surface area contributed by atoms with Gasteiger partial charge in [-0.1, -0.05) is 53.7 Å². The highest BCUT2D eigenvalue weighted by atomic mass is 16.6. The maximum atomic E-state index is 12.4. The molecule has 180 valence electrons. The zero-order chi connectivity index (χ0) is 24.6. The Labute approximate surface area is 200 Å². The van der Waals surface area contributed by atoms with Gasteiger partial charge in [-0.3, -0.25) is 0 Å². The minimum absolute atomic E-state index is 0.0611. The molecule has 1 aliphatic rings. The summed E-state index contributed by atoms with van der Waals surface area (Å²) in [7, 11) is 0. The highest BCUT2D eigenvalue weighted by Crippen LogP contribution is 2.34. The predicted molar refractivity (Wildman–Crippen MR) is 137 cm³/mol. The van der Waals surface area contributed by atoms with E-state index < -0.39 is 5.60 Å². The largest absolute Gasteiger partial charge is 0.444 e. The van der Waals surface area contributed by atoms with Crippen LogP contribution in [0, 0.1) is 0 Å². The molecular weight excluding hydrogens is 410 g/mol. The number of pyridine rings is 1. The number of nitrogens with zero attached hydrogens (tertiary/aromatic N) is 3. The number of piperazine rings is 1. The Hall–Kier alpha value is -2.56. The summed E-state index contributed by atoms with van der Waals surface area (Å²) in [6, 6.07) is 13.1. The molecule has 0 spiro atoms. The van der Waals surface area contributed by atoms with Crippen LogP contribution in [0.3, 0.4) is 0 Å². The molecule has 0 unspecified atom stereocenters. The summed E-state index contributed by atoms with van der Waals surface area (Å²) >= 11 is 0. The maximum absolute atomic E-state index is 12.4. The first-order chi connectivity index (χ1) is 15.1. The van der Waals surface area contributed by atoms with Crippen molar-refractivity contribution < 1.29 is 9.53 Å². The number of aromatic nitrogens is 1. The zero-order valence-electron chi connectivity index (χ0n) is 22.0. The Morgan fingerprint density at radius 2 is 1.36 bits per heavy atom. The number of amides is 1. The fourth-order valence-corrected chi connectivity index (χ4v) is 3.85. The van der Waals surface area contributed by atoms with Crippen molar-refractivity contribution in [2.75, 3.05) is 31.1 Å². The number of hydrogen-bond acceptors (Lipinski definition) is 4. The van der Waals surface area contributed by atoms with E-state index in [9.17, 15) is 4.79 Å². The topological polar surface area (TPSA) is 45.7 Å². The van der Waals surface area contributed by atoms with Gasteiger partial charge in [0, 0.05) is 31.7 Å². The highest BCUT2D eigenvalue weighted by Gasteiger charge is 2.27. The summed E-state index contributed by atoms with van der Waals surface area (Å²) in [4.78, 5) is 21.5. The number of rotatable bonds is 2. The molecule has 1 aliphatic heterocycles. The molecule has 0 saturated carbocycles. The van der Waals surface area contributed by atoms with Gasteiger partial charge in [-0.05, 0) is 67.0 Å². The number of carbonyl (C=O) groups excluding carboxylic acids is 1. The lowest BCUT2D eigenvalue weighted by Gasteiger charge is -2.36. The molecule has 2 heterocycles. The van der Waals surface area contributed by atoms with Crippen LogP contribution in [0.1, 0.15) is 73.4 Å². The molecule has 1 amide bonds. The van der Waals surface area contributed by atoms with Crippen molar-refractivity contribution in [3.05, 3.63) is 47.5 Å². The van der Waals surface area contributed by atoms with Crippen molar-refractivity contribution in [1.82, 2.24) is 9.88 Å². The second kappa shape index (κ2) is 9.00. The third-order valence-electron chi connectivity index (χ3n) is 5.95. The molecule has 1 saturated heterocycles. The molecule has 0 bridgehead atoms. The molecule has 5 heteroatoms. The minimum Gasteiger partial charge on any atom is -0.444 e. The normalized spacial score (nSPS) is 15.5. The van der Waals surface area contributed by atoms with Crippen LogP contribution in [0.25, 0.3) is 11.3 Å². The van der Waals surface area contributed by atoms with Gasteiger partial charge in [0.25, 0.3) is 0 Å². The lowest BCUT2D eigenvalue weighted by atomic mass is 9.79. The first kappa shape index (κ1) is 25.1. The van der Waals surface area contributed by atoms with Crippen LogP contribution in [0.2, 0.25) is 0 Å². The monoisotopic (exact) mass is 451 g/mol. The van der Waals surface area contributed by atoms with Crippen LogP contribution in [-0.4, -0.2) is 47.8 Å². The molecule has 5 nitrogen and oxygen atoms in total. The number of anilines is 1. The molecule has 0 N–H and O–H groups in total. The van der Waals surface area contributed by atoms with E-state index in [2.05, 4.69) is 82.8 Å². The van der Waals surface area contributed by atoms with Crippen LogP contribution >= 0.6 is 0 Å². The van der Waals surface area contributed by atoms with E-state index in [1.807, 2.05) is 20.8 Å². The van der Waals surface area contributed by atoms with Gasteiger partial charge in [-0.25, -0.2) is 9.78 Å². The van der Waals surface area contributed by atoms with E-state index in [0.29, 0.717) is 13.1 Å². The van der Waals surface area contributed by atoms with Crippen molar-refractivity contribution in [3.8, 4) is 11.3 Å². The Morgan fingerprint density at radius 3 is 1.85 bits per heavy atom. The molecule has 0 aliphatic carbocycles. The Morgan fingerprint density at radius 1 is 0.818 bits per heavy atom. The van der Waals surface area contributed by atoms with E-state index >= 15 is 0 Å².